The van der Waals surface area contributed by atoms with Gasteiger partial charge in [-0.15, -0.1) is 0 Å². The summed E-state index contributed by atoms with van der Waals surface area (Å²) in [6.45, 7) is 24.9. The van der Waals surface area contributed by atoms with Crippen LogP contribution in [-0.2, 0) is 15.6 Å². The number of rotatable bonds is 14. The molecule has 3 unspecified atom stereocenters. The number of hydrogen-bond acceptors (Lipinski definition) is 5. The van der Waals surface area contributed by atoms with Gasteiger partial charge in [0.15, 0.2) is 6.10 Å². The first-order chi connectivity index (χ1) is 18.3. The molecule has 5 nitrogen and oxygen atoms in total. The van der Waals surface area contributed by atoms with Crippen LogP contribution in [0.25, 0.3) is 0 Å². The maximum atomic E-state index is 11.1. The van der Waals surface area contributed by atoms with Crippen LogP contribution in [0.3, 0.4) is 0 Å². The summed E-state index contributed by atoms with van der Waals surface area (Å²) >= 11 is 0. The van der Waals surface area contributed by atoms with E-state index in [1.807, 2.05) is 31.2 Å². The minimum absolute atomic E-state index is 0.00945. The maximum Gasteiger partial charge on any atom is 0.156 e. The summed E-state index contributed by atoms with van der Waals surface area (Å²) in [4.78, 5) is 0. The van der Waals surface area contributed by atoms with Gasteiger partial charge in [0.2, 0.25) is 0 Å². The van der Waals surface area contributed by atoms with Gasteiger partial charge in [0, 0.05) is 6.61 Å². The lowest BCUT2D eigenvalue weighted by Crippen LogP contribution is -2.47. The fourth-order valence-corrected chi connectivity index (χ4v) is 6.02. The van der Waals surface area contributed by atoms with E-state index in [0.717, 1.165) is 12.8 Å². The van der Waals surface area contributed by atoms with Crippen LogP contribution in [0.5, 0.6) is 11.5 Å². The van der Waals surface area contributed by atoms with E-state index < -0.39 is 18.3 Å². The minimum atomic E-state index is -1.07. The third kappa shape index (κ3) is 11.1. The molecule has 2 rings (SSSR count). The van der Waals surface area contributed by atoms with E-state index in [0.29, 0.717) is 18.1 Å². The van der Waals surface area contributed by atoms with Crippen LogP contribution in [0.4, 0.5) is 0 Å². The molecule has 2 aromatic rings. The molecular formula is C35H56O5. The van der Waals surface area contributed by atoms with Crippen LogP contribution in [0.2, 0.25) is 0 Å². The van der Waals surface area contributed by atoms with E-state index in [1.165, 1.54) is 11.1 Å². The molecule has 40 heavy (non-hydrogen) atoms. The predicted molar refractivity (Wildman–Crippen MR) is 165 cm³/mol. The fraction of sp³-hybridized carbons (Fsp3) is 0.657. The minimum Gasteiger partial charge on any atom is -0.491 e. The summed E-state index contributed by atoms with van der Waals surface area (Å²) in [6, 6.07) is 16.0. The molecule has 0 radical (unpaired) electrons. The summed E-state index contributed by atoms with van der Waals surface area (Å²) in [5.74, 6) is 1.25. The molecule has 0 aromatic heterocycles. The van der Waals surface area contributed by atoms with Crippen molar-refractivity contribution in [2.24, 2.45) is 10.8 Å². The van der Waals surface area contributed by atoms with Crippen molar-refractivity contribution in [1.29, 1.82) is 0 Å². The Balaban J connectivity index is 2.11. The van der Waals surface area contributed by atoms with Gasteiger partial charge in [-0.2, -0.15) is 0 Å². The lowest BCUT2D eigenvalue weighted by atomic mass is 9.72. The number of ether oxygens (including phenoxy) is 3. The van der Waals surface area contributed by atoms with E-state index >= 15 is 0 Å². The molecule has 0 aliphatic heterocycles. The van der Waals surface area contributed by atoms with Crippen molar-refractivity contribution in [3.63, 3.8) is 0 Å². The largest absolute Gasteiger partial charge is 0.491 e. The normalized spacial score (nSPS) is 15.4. The van der Waals surface area contributed by atoms with Crippen molar-refractivity contribution in [1.82, 2.24) is 0 Å². The quantitative estimate of drug-likeness (QED) is 0.250. The number of benzene rings is 2. The monoisotopic (exact) mass is 556 g/mol. The highest BCUT2D eigenvalue weighted by atomic mass is 16.5. The number of aliphatic hydroxyl groups is 2. The molecule has 2 aromatic carbocycles. The predicted octanol–water partition coefficient (Wildman–Crippen LogP) is 7.70. The molecule has 0 spiro atoms. The Morgan fingerprint density at radius 2 is 1.00 bits per heavy atom. The van der Waals surface area contributed by atoms with Gasteiger partial charge in [-0.3, -0.25) is 0 Å². The van der Waals surface area contributed by atoms with Gasteiger partial charge in [0.1, 0.15) is 30.3 Å². The van der Waals surface area contributed by atoms with E-state index in [4.69, 9.17) is 14.2 Å². The van der Waals surface area contributed by atoms with Gasteiger partial charge >= 0.3 is 0 Å². The second-order valence-corrected chi connectivity index (χ2v) is 15.0. The summed E-state index contributed by atoms with van der Waals surface area (Å²) in [7, 11) is 0. The second kappa shape index (κ2) is 13.7. The Kier molecular flexibility index (Phi) is 11.7. The Hall–Kier alpha value is -2.08. The van der Waals surface area contributed by atoms with Crippen molar-refractivity contribution in [3.05, 3.63) is 59.7 Å². The molecule has 3 atom stereocenters. The van der Waals surface area contributed by atoms with Crippen molar-refractivity contribution < 1.29 is 24.4 Å². The van der Waals surface area contributed by atoms with Crippen LogP contribution < -0.4 is 9.47 Å². The Morgan fingerprint density at radius 1 is 0.600 bits per heavy atom. The molecule has 226 valence electrons. The van der Waals surface area contributed by atoms with Crippen LogP contribution >= 0.6 is 0 Å². The average Bonchev–Trinajstić information content (AvgIpc) is 2.82. The topological polar surface area (TPSA) is 68.2 Å². The number of aliphatic hydroxyl groups excluding tert-OH is 2. The summed E-state index contributed by atoms with van der Waals surface area (Å²) < 4.78 is 17.5. The third-order valence-corrected chi connectivity index (χ3v) is 7.16. The molecule has 0 saturated heterocycles. The first-order valence-corrected chi connectivity index (χ1v) is 14.8. The summed E-state index contributed by atoms with van der Waals surface area (Å²) in [5, 5.41) is 21.9. The third-order valence-electron chi connectivity index (χ3n) is 7.16. The van der Waals surface area contributed by atoms with Crippen molar-refractivity contribution >= 4 is 0 Å². The molecule has 0 amide bonds. The molecule has 0 aliphatic carbocycles. The van der Waals surface area contributed by atoms with Crippen LogP contribution in [-0.4, -0.2) is 48.3 Å². The highest BCUT2D eigenvalue weighted by Gasteiger charge is 2.32. The fourth-order valence-electron chi connectivity index (χ4n) is 6.02. The lowest BCUT2D eigenvalue weighted by molar-refractivity contribution is -0.0843. The van der Waals surface area contributed by atoms with Crippen molar-refractivity contribution in [3.8, 4) is 11.5 Å². The zero-order valence-corrected chi connectivity index (χ0v) is 27.0. The van der Waals surface area contributed by atoms with Gasteiger partial charge in [-0.1, -0.05) is 93.5 Å². The van der Waals surface area contributed by atoms with Crippen molar-refractivity contribution in [2.75, 3.05) is 19.8 Å². The lowest BCUT2D eigenvalue weighted by Gasteiger charge is -2.33. The van der Waals surface area contributed by atoms with Gasteiger partial charge in [0.25, 0.3) is 0 Å². The van der Waals surface area contributed by atoms with Gasteiger partial charge in [0.05, 0.1) is 6.61 Å². The van der Waals surface area contributed by atoms with E-state index in [9.17, 15) is 10.2 Å². The van der Waals surface area contributed by atoms with Crippen LogP contribution in [0, 0.1) is 10.8 Å². The molecule has 0 heterocycles. The molecule has 0 bridgehead atoms. The van der Waals surface area contributed by atoms with E-state index in [1.54, 1.807) is 0 Å². The van der Waals surface area contributed by atoms with Crippen LogP contribution in [0.15, 0.2) is 48.5 Å². The standard InChI is InChI=1S/C35H56O5/c1-12-38-21-29(36)31(40-28-19-15-26(16-20-28)35(10,11)24-33(5,6)7)30(37)22-39-27-17-13-25(14-18-27)34(8,9)23-32(2,3)4/h13-20,29-31,36-37H,12,21-24H2,1-11H3. The highest BCUT2D eigenvalue weighted by molar-refractivity contribution is 5.33. The van der Waals surface area contributed by atoms with Gasteiger partial charge in [-0.25, -0.2) is 0 Å². The first-order valence-electron chi connectivity index (χ1n) is 14.8. The molecule has 0 aliphatic rings. The zero-order chi connectivity index (χ0) is 30.4. The number of hydrogen-bond donors (Lipinski definition) is 2. The van der Waals surface area contributed by atoms with Gasteiger partial charge < -0.3 is 24.4 Å². The van der Waals surface area contributed by atoms with Crippen molar-refractivity contribution in [2.45, 2.75) is 118 Å². The summed E-state index contributed by atoms with van der Waals surface area (Å²) in [6.07, 6.45) is -0.892. The zero-order valence-electron chi connectivity index (χ0n) is 27.0. The Bertz CT molecular complexity index is 1010. The van der Waals surface area contributed by atoms with E-state index in [2.05, 4.69) is 93.5 Å². The molecule has 0 saturated carbocycles. The van der Waals surface area contributed by atoms with Crippen LogP contribution in [0.1, 0.15) is 100 Å². The molecule has 2 N–H and O–H groups in total. The molecular weight excluding hydrogens is 500 g/mol. The molecule has 0 fully saturated rings. The Labute approximate surface area is 244 Å². The van der Waals surface area contributed by atoms with Gasteiger partial charge in [-0.05, 0) is 76.8 Å². The highest BCUT2D eigenvalue weighted by Crippen LogP contribution is 2.38. The summed E-state index contributed by atoms with van der Waals surface area (Å²) in [5.41, 5.74) is 2.95. The van der Waals surface area contributed by atoms with E-state index in [-0.39, 0.29) is 34.9 Å². The second-order valence-electron chi connectivity index (χ2n) is 15.0. The first kappa shape index (κ1) is 34.1. The maximum absolute atomic E-state index is 11.1. The molecule has 5 heteroatoms. The average molecular weight is 557 g/mol. The SMILES string of the molecule is CCOCC(O)C(Oc1ccc(C(C)(C)CC(C)(C)C)cc1)C(O)COc1ccc(C(C)(C)CC(C)(C)C)cc1. The smallest absolute Gasteiger partial charge is 0.156 e. The Morgan fingerprint density at radius 3 is 1.40 bits per heavy atom.